The van der Waals surface area contributed by atoms with Crippen LogP contribution in [0.25, 0.3) is 0 Å². The predicted octanol–water partition coefficient (Wildman–Crippen LogP) is 5.93. The van der Waals surface area contributed by atoms with Crippen molar-refractivity contribution in [3.05, 3.63) is 71.3 Å². The minimum Gasteiger partial charge on any atom is -0.306 e. The normalized spacial score (nSPS) is 18.4. The lowest BCUT2D eigenvalue weighted by atomic mass is 9.96. The van der Waals surface area contributed by atoms with Crippen molar-refractivity contribution in [1.29, 1.82) is 5.26 Å². The lowest BCUT2D eigenvalue weighted by molar-refractivity contribution is 0.333. The Balaban J connectivity index is 0.000000878. The second kappa shape index (κ2) is 12.3. The van der Waals surface area contributed by atoms with Crippen LogP contribution < -0.4 is 0 Å². The standard InChI is InChI=1S/C23H30FN.C2H3N/c1-25(17-15-19-6-3-2-4-7-19)16-5-8-20-9-11-21(12-10-20)22-13-14-23(24)18-22;1-2-3/h2-4,6-7,9-12,22-23H,5,8,13-18H2,1H3;1H3. The van der Waals surface area contributed by atoms with Gasteiger partial charge in [0.15, 0.2) is 0 Å². The van der Waals surface area contributed by atoms with Crippen molar-refractivity contribution in [2.75, 3.05) is 20.1 Å². The second-order valence-electron chi connectivity index (χ2n) is 7.71. The Labute approximate surface area is 170 Å². The smallest absolute Gasteiger partial charge is 0.101 e. The van der Waals surface area contributed by atoms with Crippen molar-refractivity contribution in [2.24, 2.45) is 0 Å². The Hall–Kier alpha value is -2.18. The zero-order valence-electron chi connectivity index (χ0n) is 17.3. The number of nitrogens with zero attached hydrogens (tertiary/aromatic N) is 2. The van der Waals surface area contributed by atoms with Crippen LogP contribution in [-0.4, -0.2) is 31.2 Å². The summed E-state index contributed by atoms with van der Waals surface area (Å²) in [4.78, 5) is 2.42. The maximum atomic E-state index is 13.3. The number of aryl methyl sites for hydroxylation is 1. The number of benzene rings is 2. The summed E-state index contributed by atoms with van der Waals surface area (Å²) in [6.45, 7) is 3.66. The van der Waals surface area contributed by atoms with Crippen molar-refractivity contribution in [3.63, 3.8) is 0 Å². The Morgan fingerprint density at radius 3 is 2.21 bits per heavy atom. The third-order valence-corrected chi connectivity index (χ3v) is 5.45. The SMILES string of the molecule is CC#N.CN(CCCc1ccc(C2CCC(F)C2)cc1)CCc1ccccc1. The van der Waals surface area contributed by atoms with Gasteiger partial charge in [-0.1, -0.05) is 54.6 Å². The van der Waals surface area contributed by atoms with Crippen LogP contribution in [0, 0.1) is 11.3 Å². The molecule has 0 aromatic heterocycles. The number of rotatable bonds is 8. The van der Waals surface area contributed by atoms with Crippen molar-refractivity contribution in [2.45, 2.75) is 57.5 Å². The van der Waals surface area contributed by atoms with Gasteiger partial charge in [-0.25, -0.2) is 4.39 Å². The highest BCUT2D eigenvalue weighted by Crippen LogP contribution is 2.36. The van der Waals surface area contributed by atoms with Crippen LogP contribution in [0.15, 0.2) is 54.6 Å². The molecule has 0 bridgehead atoms. The van der Waals surface area contributed by atoms with E-state index in [2.05, 4.69) is 66.5 Å². The van der Waals surface area contributed by atoms with Gasteiger partial charge in [-0.15, -0.1) is 0 Å². The summed E-state index contributed by atoms with van der Waals surface area (Å²) in [7, 11) is 2.21. The van der Waals surface area contributed by atoms with Crippen LogP contribution in [0.1, 0.15) is 55.2 Å². The van der Waals surface area contributed by atoms with Gasteiger partial charge in [-0.05, 0) is 74.7 Å². The Morgan fingerprint density at radius 2 is 1.61 bits per heavy atom. The summed E-state index contributed by atoms with van der Waals surface area (Å²) in [6.07, 6.45) is 5.28. The van der Waals surface area contributed by atoms with E-state index >= 15 is 0 Å². The summed E-state index contributed by atoms with van der Waals surface area (Å²) in [6, 6.07) is 21.4. The highest BCUT2D eigenvalue weighted by atomic mass is 19.1. The van der Waals surface area contributed by atoms with Gasteiger partial charge in [-0.2, -0.15) is 5.26 Å². The fourth-order valence-corrected chi connectivity index (χ4v) is 3.82. The van der Waals surface area contributed by atoms with Gasteiger partial charge in [-0.3, -0.25) is 0 Å². The first-order valence-electron chi connectivity index (χ1n) is 10.4. The summed E-state index contributed by atoms with van der Waals surface area (Å²) >= 11 is 0. The summed E-state index contributed by atoms with van der Waals surface area (Å²) in [5, 5.41) is 7.32. The van der Waals surface area contributed by atoms with Crippen molar-refractivity contribution >= 4 is 0 Å². The lowest BCUT2D eigenvalue weighted by Crippen LogP contribution is -2.22. The molecular weight excluding hydrogens is 347 g/mol. The number of likely N-dealkylation sites (N-methyl/N-ethyl adjacent to an activating group) is 1. The summed E-state index contributed by atoms with van der Waals surface area (Å²) in [5.74, 6) is 0.438. The van der Waals surface area contributed by atoms with E-state index < -0.39 is 6.17 Å². The van der Waals surface area contributed by atoms with E-state index in [9.17, 15) is 4.39 Å². The molecule has 3 heteroatoms. The molecule has 1 fully saturated rings. The van der Waals surface area contributed by atoms with Crippen LogP contribution >= 0.6 is 0 Å². The molecule has 3 rings (SSSR count). The Morgan fingerprint density at radius 1 is 0.964 bits per heavy atom. The van der Waals surface area contributed by atoms with Crippen molar-refractivity contribution in [1.82, 2.24) is 4.90 Å². The van der Waals surface area contributed by atoms with Crippen LogP contribution in [0.3, 0.4) is 0 Å². The molecule has 2 nitrogen and oxygen atoms in total. The van der Waals surface area contributed by atoms with Crippen LogP contribution in [0.4, 0.5) is 4.39 Å². The maximum absolute atomic E-state index is 13.3. The molecule has 1 saturated carbocycles. The topological polar surface area (TPSA) is 27.0 Å². The van der Waals surface area contributed by atoms with Gasteiger partial charge in [0.2, 0.25) is 0 Å². The Kier molecular flexibility index (Phi) is 9.72. The molecule has 2 aromatic rings. The van der Waals surface area contributed by atoms with Crippen LogP contribution in [0.5, 0.6) is 0 Å². The minimum atomic E-state index is -0.587. The van der Waals surface area contributed by atoms with Gasteiger partial charge in [0.05, 0.1) is 6.07 Å². The van der Waals surface area contributed by atoms with Crippen LogP contribution in [-0.2, 0) is 12.8 Å². The molecule has 0 spiro atoms. The van der Waals surface area contributed by atoms with E-state index in [1.807, 2.05) is 0 Å². The fraction of sp³-hybridized carbons (Fsp3) is 0.480. The number of alkyl halides is 1. The summed E-state index contributed by atoms with van der Waals surface area (Å²) in [5.41, 5.74) is 4.13. The average Bonchev–Trinajstić information content (AvgIpc) is 3.15. The van der Waals surface area contributed by atoms with Gasteiger partial charge >= 0.3 is 0 Å². The van der Waals surface area contributed by atoms with E-state index in [0.717, 1.165) is 38.8 Å². The number of hydrogen-bond acceptors (Lipinski definition) is 2. The zero-order valence-corrected chi connectivity index (χ0v) is 17.3. The highest BCUT2D eigenvalue weighted by Gasteiger charge is 2.25. The largest absolute Gasteiger partial charge is 0.306 e. The van der Waals surface area contributed by atoms with Gasteiger partial charge in [0, 0.05) is 13.5 Å². The molecule has 2 atom stereocenters. The third-order valence-electron chi connectivity index (χ3n) is 5.45. The molecule has 2 unspecified atom stereocenters. The molecule has 150 valence electrons. The lowest BCUT2D eigenvalue weighted by Gasteiger charge is -2.16. The molecular formula is C25H33FN2. The molecule has 0 aliphatic heterocycles. The molecule has 0 saturated heterocycles. The molecule has 0 amide bonds. The Bertz CT molecular complexity index is 706. The number of halogens is 1. The van der Waals surface area contributed by atoms with Gasteiger partial charge in [0.25, 0.3) is 0 Å². The van der Waals surface area contributed by atoms with E-state index in [-0.39, 0.29) is 0 Å². The van der Waals surface area contributed by atoms with Gasteiger partial charge in [0.1, 0.15) is 6.17 Å². The van der Waals surface area contributed by atoms with Gasteiger partial charge < -0.3 is 4.90 Å². The first kappa shape index (κ1) is 22.1. The van der Waals surface area contributed by atoms with Crippen molar-refractivity contribution in [3.8, 4) is 6.07 Å². The van der Waals surface area contributed by atoms with Crippen LogP contribution in [0.2, 0.25) is 0 Å². The molecule has 0 radical (unpaired) electrons. The predicted molar refractivity (Wildman–Crippen MR) is 115 cm³/mol. The van der Waals surface area contributed by atoms with E-state index in [1.54, 1.807) is 6.07 Å². The van der Waals surface area contributed by atoms with Crippen molar-refractivity contribution < 1.29 is 4.39 Å². The molecule has 0 N–H and O–H groups in total. The molecule has 0 heterocycles. The first-order chi connectivity index (χ1) is 13.6. The molecule has 28 heavy (non-hydrogen) atoms. The number of nitriles is 1. The van der Waals surface area contributed by atoms with E-state index in [4.69, 9.17) is 5.26 Å². The second-order valence-corrected chi connectivity index (χ2v) is 7.71. The first-order valence-corrected chi connectivity index (χ1v) is 10.4. The maximum Gasteiger partial charge on any atom is 0.101 e. The molecule has 2 aromatic carbocycles. The third kappa shape index (κ3) is 7.82. The monoisotopic (exact) mass is 380 g/mol. The number of hydrogen-bond donors (Lipinski definition) is 0. The highest BCUT2D eigenvalue weighted by molar-refractivity contribution is 5.26. The average molecular weight is 381 g/mol. The molecule has 1 aliphatic carbocycles. The summed E-state index contributed by atoms with van der Waals surface area (Å²) < 4.78 is 13.3. The molecule has 1 aliphatic rings. The fourth-order valence-electron chi connectivity index (χ4n) is 3.82. The quantitative estimate of drug-likeness (QED) is 0.567. The minimum absolute atomic E-state index is 0.438. The zero-order chi connectivity index (χ0) is 20.2. The van der Waals surface area contributed by atoms with E-state index in [0.29, 0.717) is 12.3 Å². The van der Waals surface area contributed by atoms with E-state index in [1.165, 1.54) is 30.0 Å².